The van der Waals surface area contributed by atoms with Crippen molar-refractivity contribution in [1.29, 1.82) is 0 Å². The van der Waals surface area contributed by atoms with Crippen molar-refractivity contribution in [2.75, 3.05) is 0 Å². The zero-order valence-electron chi connectivity index (χ0n) is 12.4. The normalized spacial score (nSPS) is 17.3. The van der Waals surface area contributed by atoms with Gasteiger partial charge in [0, 0.05) is 0 Å². The number of carbonyl (C=O) groups is 1. The second-order valence-corrected chi connectivity index (χ2v) is 5.71. The lowest BCUT2D eigenvalue weighted by molar-refractivity contribution is 0.0369. The fourth-order valence-electron chi connectivity index (χ4n) is 1.56. The van der Waals surface area contributed by atoms with Crippen LogP contribution in [0.5, 0.6) is 0 Å². The number of rotatable bonds is 5. The van der Waals surface area contributed by atoms with Crippen LogP contribution in [0.4, 0.5) is 4.79 Å². The van der Waals surface area contributed by atoms with Crippen molar-refractivity contribution in [2.24, 2.45) is 5.92 Å². The standard InChI is InChI=1S/C14H27NO3/c1-7-8-9-10(2)12(16)11(3)15-13(17)18-14(4,5)6/h7-8,10-12,16H,9H2,1-6H3,(H,15,17)/t10-,11+,12-/m0/s1. The summed E-state index contributed by atoms with van der Waals surface area (Å²) in [6.07, 6.45) is 3.67. The molecule has 4 nitrogen and oxygen atoms in total. The number of nitrogens with one attached hydrogen (secondary N) is 1. The van der Waals surface area contributed by atoms with Crippen molar-refractivity contribution in [3.05, 3.63) is 12.2 Å². The third-order valence-electron chi connectivity index (χ3n) is 2.58. The van der Waals surface area contributed by atoms with Crippen LogP contribution in [0, 0.1) is 5.92 Å². The molecule has 0 aliphatic rings. The van der Waals surface area contributed by atoms with Crippen molar-refractivity contribution in [1.82, 2.24) is 5.32 Å². The molecule has 0 radical (unpaired) electrons. The highest BCUT2D eigenvalue weighted by atomic mass is 16.6. The average molecular weight is 257 g/mol. The van der Waals surface area contributed by atoms with Crippen LogP contribution in [0.15, 0.2) is 12.2 Å². The maximum absolute atomic E-state index is 11.6. The second-order valence-electron chi connectivity index (χ2n) is 5.71. The molecule has 1 amide bonds. The van der Waals surface area contributed by atoms with Crippen molar-refractivity contribution in [3.8, 4) is 0 Å². The van der Waals surface area contributed by atoms with E-state index in [1.54, 1.807) is 6.92 Å². The van der Waals surface area contributed by atoms with Crippen LogP contribution in [-0.4, -0.2) is 28.9 Å². The molecule has 0 spiro atoms. The Bertz CT molecular complexity index is 281. The van der Waals surface area contributed by atoms with Crippen molar-refractivity contribution >= 4 is 6.09 Å². The number of allylic oxidation sites excluding steroid dienone is 2. The molecule has 0 aromatic heterocycles. The first kappa shape index (κ1) is 17.0. The molecule has 0 aliphatic carbocycles. The van der Waals surface area contributed by atoms with Crippen LogP contribution >= 0.6 is 0 Å². The summed E-state index contributed by atoms with van der Waals surface area (Å²) in [5.41, 5.74) is -0.522. The van der Waals surface area contributed by atoms with Crippen LogP contribution in [0.1, 0.15) is 48.0 Å². The number of amides is 1. The molecular weight excluding hydrogens is 230 g/mol. The summed E-state index contributed by atoms with van der Waals surface area (Å²) >= 11 is 0. The smallest absolute Gasteiger partial charge is 0.407 e. The van der Waals surface area contributed by atoms with E-state index in [9.17, 15) is 9.90 Å². The molecule has 18 heavy (non-hydrogen) atoms. The summed E-state index contributed by atoms with van der Waals surface area (Å²) in [5, 5.41) is 12.7. The zero-order valence-corrected chi connectivity index (χ0v) is 12.4. The molecule has 0 saturated carbocycles. The first-order chi connectivity index (χ1) is 8.17. The van der Waals surface area contributed by atoms with Crippen molar-refractivity contribution in [3.63, 3.8) is 0 Å². The Morgan fingerprint density at radius 2 is 1.94 bits per heavy atom. The molecule has 4 heteroatoms. The topological polar surface area (TPSA) is 58.6 Å². The number of ether oxygens (including phenoxy) is 1. The van der Waals surface area contributed by atoms with Gasteiger partial charge in [-0.05, 0) is 47.0 Å². The summed E-state index contributed by atoms with van der Waals surface area (Å²) in [6, 6.07) is -0.333. The Morgan fingerprint density at radius 3 is 2.39 bits per heavy atom. The number of hydrogen-bond donors (Lipinski definition) is 2. The van der Waals surface area contributed by atoms with Crippen LogP contribution in [0.3, 0.4) is 0 Å². The molecule has 0 rings (SSSR count). The van der Waals surface area contributed by atoms with Gasteiger partial charge in [0.25, 0.3) is 0 Å². The lowest BCUT2D eigenvalue weighted by Crippen LogP contribution is -2.45. The first-order valence-corrected chi connectivity index (χ1v) is 6.46. The maximum atomic E-state index is 11.6. The fraction of sp³-hybridized carbons (Fsp3) is 0.786. The Balaban J connectivity index is 4.22. The molecule has 0 fully saturated rings. The highest BCUT2D eigenvalue weighted by Crippen LogP contribution is 2.13. The zero-order chi connectivity index (χ0) is 14.3. The molecule has 0 bridgehead atoms. The van der Waals surface area contributed by atoms with Crippen molar-refractivity contribution in [2.45, 2.75) is 65.7 Å². The molecule has 2 N–H and O–H groups in total. The summed E-state index contributed by atoms with van der Waals surface area (Å²) in [7, 11) is 0. The summed E-state index contributed by atoms with van der Waals surface area (Å²) in [6.45, 7) is 11.1. The van der Waals surface area contributed by atoms with Gasteiger partial charge in [-0.2, -0.15) is 0 Å². The van der Waals surface area contributed by atoms with E-state index in [4.69, 9.17) is 4.74 Å². The van der Waals surface area contributed by atoms with E-state index in [1.807, 2.05) is 46.8 Å². The molecule has 0 aromatic carbocycles. The van der Waals surface area contributed by atoms with Gasteiger partial charge < -0.3 is 15.2 Å². The number of carbonyl (C=O) groups excluding carboxylic acids is 1. The van der Waals surface area contributed by atoms with Crippen molar-refractivity contribution < 1.29 is 14.6 Å². The Hall–Kier alpha value is -1.03. The van der Waals surface area contributed by atoms with E-state index >= 15 is 0 Å². The lowest BCUT2D eigenvalue weighted by atomic mass is 9.95. The van der Waals surface area contributed by atoms with Crippen LogP contribution < -0.4 is 5.32 Å². The molecule has 106 valence electrons. The largest absolute Gasteiger partial charge is 0.444 e. The third-order valence-corrected chi connectivity index (χ3v) is 2.58. The minimum atomic E-state index is -0.589. The SMILES string of the molecule is CC=CC[C@H](C)[C@H](O)[C@@H](C)NC(=O)OC(C)(C)C. The van der Waals surface area contributed by atoms with Gasteiger partial charge in [0.1, 0.15) is 5.60 Å². The Kier molecular flexibility index (Phi) is 6.99. The molecule has 0 saturated heterocycles. The van der Waals surface area contributed by atoms with Gasteiger partial charge in [0.05, 0.1) is 12.1 Å². The number of alkyl carbamates (subject to hydrolysis) is 1. The Morgan fingerprint density at radius 1 is 1.39 bits per heavy atom. The van der Waals surface area contributed by atoms with Gasteiger partial charge in [-0.15, -0.1) is 0 Å². The molecule has 0 unspecified atom stereocenters. The summed E-state index contributed by atoms with van der Waals surface area (Å²) < 4.78 is 5.14. The van der Waals surface area contributed by atoms with Gasteiger partial charge in [0.15, 0.2) is 0 Å². The minimum Gasteiger partial charge on any atom is -0.444 e. The maximum Gasteiger partial charge on any atom is 0.407 e. The predicted molar refractivity (Wildman–Crippen MR) is 73.4 cm³/mol. The van der Waals surface area contributed by atoms with E-state index in [0.717, 1.165) is 6.42 Å². The monoisotopic (exact) mass is 257 g/mol. The number of aliphatic hydroxyl groups is 1. The van der Waals surface area contributed by atoms with Crippen LogP contribution in [-0.2, 0) is 4.74 Å². The highest BCUT2D eigenvalue weighted by Gasteiger charge is 2.24. The summed E-state index contributed by atoms with van der Waals surface area (Å²) in [4.78, 5) is 11.6. The van der Waals surface area contributed by atoms with Gasteiger partial charge in [-0.3, -0.25) is 0 Å². The molecule has 0 aromatic rings. The lowest BCUT2D eigenvalue weighted by Gasteiger charge is -2.27. The van der Waals surface area contributed by atoms with E-state index in [-0.39, 0.29) is 12.0 Å². The Labute approximate surface area is 110 Å². The molecule has 0 aliphatic heterocycles. The van der Waals surface area contributed by atoms with E-state index in [0.29, 0.717) is 0 Å². The summed E-state index contributed by atoms with van der Waals surface area (Å²) in [5.74, 6) is 0.0890. The predicted octanol–water partition coefficient (Wildman–Crippen LogP) is 2.86. The quantitative estimate of drug-likeness (QED) is 0.745. The number of hydrogen-bond acceptors (Lipinski definition) is 3. The van der Waals surface area contributed by atoms with Gasteiger partial charge in [0.2, 0.25) is 0 Å². The number of aliphatic hydroxyl groups excluding tert-OH is 1. The van der Waals surface area contributed by atoms with E-state index in [2.05, 4.69) is 5.32 Å². The second kappa shape index (κ2) is 7.41. The fourth-order valence-corrected chi connectivity index (χ4v) is 1.56. The van der Waals surface area contributed by atoms with Gasteiger partial charge >= 0.3 is 6.09 Å². The van der Waals surface area contributed by atoms with Gasteiger partial charge in [-0.25, -0.2) is 4.79 Å². The molecule has 0 heterocycles. The molecule has 3 atom stereocenters. The third kappa shape index (κ3) is 7.33. The molecular formula is C14H27NO3. The highest BCUT2D eigenvalue weighted by molar-refractivity contribution is 5.68. The minimum absolute atomic E-state index is 0.0890. The van der Waals surface area contributed by atoms with Crippen LogP contribution in [0.2, 0.25) is 0 Å². The van der Waals surface area contributed by atoms with E-state index in [1.165, 1.54) is 0 Å². The van der Waals surface area contributed by atoms with Crippen LogP contribution in [0.25, 0.3) is 0 Å². The first-order valence-electron chi connectivity index (χ1n) is 6.46. The van der Waals surface area contributed by atoms with Gasteiger partial charge in [-0.1, -0.05) is 19.1 Å². The average Bonchev–Trinajstić information content (AvgIpc) is 2.21. The van der Waals surface area contributed by atoms with E-state index < -0.39 is 17.8 Å².